The molecule has 3 rings (SSSR count). The maximum Gasteiger partial charge on any atom is 0.248 e. The van der Waals surface area contributed by atoms with Gasteiger partial charge >= 0.3 is 0 Å². The zero-order chi connectivity index (χ0) is 15.6. The molecule has 0 saturated carbocycles. The van der Waals surface area contributed by atoms with Crippen LogP contribution in [-0.4, -0.2) is 52.0 Å². The molecule has 2 fully saturated rings. The van der Waals surface area contributed by atoms with Crippen LogP contribution < -0.4 is 0 Å². The van der Waals surface area contributed by atoms with E-state index in [-0.39, 0.29) is 17.4 Å². The van der Waals surface area contributed by atoms with Crippen molar-refractivity contribution in [1.29, 1.82) is 0 Å². The number of aliphatic hydroxyl groups is 1. The summed E-state index contributed by atoms with van der Waals surface area (Å²) in [5, 5.41) is 8.98. The number of aliphatic hydroxyl groups excluding tert-OH is 1. The van der Waals surface area contributed by atoms with Gasteiger partial charge in [0.1, 0.15) is 6.61 Å². The molecule has 0 aliphatic carbocycles. The van der Waals surface area contributed by atoms with Crippen LogP contribution in [0.3, 0.4) is 0 Å². The number of piperidine rings is 1. The van der Waals surface area contributed by atoms with Crippen LogP contribution >= 0.6 is 0 Å². The van der Waals surface area contributed by atoms with E-state index < -0.39 is 6.61 Å². The topological polar surface area (TPSA) is 60.9 Å². The van der Waals surface area contributed by atoms with Crippen molar-refractivity contribution in [1.82, 2.24) is 9.80 Å². The summed E-state index contributed by atoms with van der Waals surface area (Å²) in [6, 6.07) is 10.0. The molecule has 1 aromatic rings. The normalized spacial score (nSPS) is 20.7. The molecule has 5 nitrogen and oxygen atoms in total. The number of carbonyl (C=O) groups is 2. The summed E-state index contributed by atoms with van der Waals surface area (Å²) in [5.41, 5.74) is 1.03. The molecule has 1 aromatic carbocycles. The first-order valence-corrected chi connectivity index (χ1v) is 7.88. The number of amides is 2. The lowest BCUT2D eigenvalue weighted by atomic mass is 9.84. The lowest BCUT2D eigenvalue weighted by Gasteiger charge is -2.45. The monoisotopic (exact) mass is 302 g/mol. The van der Waals surface area contributed by atoms with Crippen molar-refractivity contribution in [3.8, 4) is 0 Å². The van der Waals surface area contributed by atoms with Gasteiger partial charge in [-0.1, -0.05) is 30.3 Å². The van der Waals surface area contributed by atoms with Crippen LogP contribution in [0.2, 0.25) is 0 Å². The van der Waals surface area contributed by atoms with Gasteiger partial charge in [0.2, 0.25) is 11.8 Å². The van der Waals surface area contributed by atoms with E-state index in [1.165, 1.54) is 0 Å². The van der Waals surface area contributed by atoms with Crippen LogP contribution in [0.25, 0.3) is 0 Å². The Morgan fingerprint density at radius 2 is 1.82 bits per heavy atom. The van der Waals surface area contributed by atoms with Crippen molar-refractivity contribution in [2.24, 2.45) is 0 Å². The smallest absolute Gasteiger partial charge is 0.248 e. The second kappa shape index (κ2) is 6.08. The zero-order valence-corrected chi connectivity index (χ0v) is 12.7. The maximum atomic E-state index is 12.3. The van der Waals surface area contributed by atoms with Crippen LogP contribution in [0.1, 0.15) is 31.2 Å². The molecule has 2 saturated heterocycles. The summed E-state index contributed by atoms with van der Waals surface area (Å²) in [4.78, 5) is 27.7. The van der Waals surface area contributed by atoms with Gasteiger partial charge in [-0.3, -0.25) is 9.59 Å². The summed E-state index contributed by atoms with van der Waals surface area (Å²) in [6.45, 7) is 1.46. The molecule has 0 aromatic heterocycles. The maximum absolute atomic E-state index is 12.3. The van der Waals surface area contributed by atoms with Gasteiger partial charge in [0.05, 0.1) is 0 Å². The zero-order valence-electron chi connectivity index (χ0n) is 12.7. The Morgan fingerprint density at radius 3 is 2.45 bits per heavy atom. The standard InChI is InChI=1S/C17H22N2O3/c20-13-16(22)18-10-8-17(9-11-18)7-6-15(21)19(17)12-14-4-2-1-3-5-14/h1-5,20H,6-13H2. The van der Waals surface area contributed by atoms with Crippen LogP contribution in [0.15, 0.2) is 30.3 Å². The van der Waals surface area contributed by atoms with E-state index in [1.807, 2.05) is 35.2 Å². The van der Waals surface area contributed by atoms with E-state index in [0.717, 1.165) is 24.8 Å². The lowest BCUT2D eigenvalue weighted by Crippen LogP contribution is -2.54. The fourth-order valence-electron chi connectivity index (χ4n) is 3.69. The largest absolute Gasteiger partial charge is 0.387 e. The molecular weight excluding hydrogens is 280 g/mol. The quantitative estimate of drug-likeness (QED) is 0.911. The minimum atomic E-state index is -0.431. The van der Waals surface area contributed by atoms with Gasteiger partial charge in [0.25, 0.3) is 0 Å². The summed E-state index contributed by atoms with van der Waals surface area (Å²) in [5.74, 6) is -0.000398. The number of benzene rings is 1. The highest BCUT2D eigenvalue weighted by Gasteiger charge is 2.47. The van der Waals surface area contributed by atoms with Crippen LogP contribution in [0, 0.1) is 0 Å². The van der Waals surface area contributed by atoms with Gasteiger partial charge in [0, 0.05) is 31.6 Å². The van der Waals surface area contributed by atoms with E-state index in [4.69, 9.17) is 5.11 Å². The highest BCUT2D eigenvalue weighted by Crippen LogP contribution is 2.40. The van der Waals surface area contributed by atoms with Gasteiger partial charge in [-0.05, 0) is 24.8 Å². The van der Waals surface area contributed by atoms with Crippen molar-refractivity contribution < 1.29 is 14.7 Å². The van der Waals surface area contributed by atoms with Crippen molar-refractivity contribution in [2.75, 3.05) is 19.7 Å². The summed E-state index contributed by atoms with van der Waals surface area (Å²) in [7, 11) is 0. The summed E-state index contributed by atoms with van der Waals surface area (Å²) >= 11 is 0. The number of hydrogen-bond acceptors (Lipinski definition) is 3. The Bertz CT molecular complexity index is 550. The van der Waals surface area contributed by atoms with Gasteiger partial charge in [-0.2, -0.15) is 0 Å². The molecule has 0 radical (unpaired) electrons. The molecule has 1 spiro atoms. The van der Waals surface area contributed by atoms with Gasteiger partial charge in [-0.15, -0.1) is 0 Å². The third-order valence-corrected chi connectivity index (χ3v) is 5.04. The number of rotatable bonds is 3. The molecule has 5 heteroatoms. The predicted molar refractivity (Wildman–Crippen MR) is 81.9 cm³/mol. The van der Waals surface area contributed by atoms with E-state index in [9.17, 15) is 9.59 Å². The fourth-order valence-corrected chi connectivity index (χ4v) is 3.69. The Kier molecular flexibility index (Phi) is 4.16. The number of likely N-dealkylation sites (tertiary alicyclic amines) is 2. The Labute approximate surface area is 130 Å². The fraction of sp³-hybridized carbons (Fsp3) is 0.529. The first-order valence-electron chi connectivity index (χ1n) is 7.88. The third-order valence-electron chi connectivity index (χ3n) is 5.04. The van der Waals surface area contributed by atoms with E-state index >= 15 is 0 Å². The predicted octanol–water partition coefficient (Wildman–Crippen LogP) is 1.16. The summed E-state index contributed by atoms with van der Waals surface area (Å²) < 4.78 is 0. The average molecular weight is 302 g/mol. The number of hydrogen-bond donors (Lipinski definition) is 1. The minimum Gasteiger partial charge on any atom is -0.387 e. The molecule has 0 unspecified atom stereocenters. The molecule has 1 N–H and O–H groups in total. The number of nitrogens with zero attached hydrogens (tertiary/aromatic N) is 2. The van der Waals surface area contributed by atoms with Gasteiger partial charge < -0.3 is 14.9 Å². The van der Waals surface area contributed by atoms with Crippen molar-refractivity contribution >= 4 is 11.8 Å². The molecule has 2 aliphatic rings. The minimum absolute atomic E-state index is 0.112. The van der Waals surface area contributed by atoms with Crippen molar-refractivity contribution in [3.05, 3.63) is 35.9 Å². The molecule has 0 bridgehead atoms. The second-order valence-electron chi connectivity index (χ2n) is 6.23. The highest BCUT2D eigenvalue weighted by molar-refractivity contribution is 5.80. The van der Waals surface area contributed by atoms with Gasteiger partial charge in [-0.25, -0.2) is 0 Å². The van der Waals surface area contributed by atoms with Gasteiger partial charge in [0.15, 0.2) is 0 Å². The Hall–Kier alpha value is -1.88. The van der Waals surface area contributed by atoms with Crippen molar-refractivity contribution in [3.63, 3.8) is 0 Å². The molecule has 2 heterocycles. The molecular formula is C17H22N2O3. The average Bonchev–Trinajstić information content (AvgIpc) is 2.85. The van der Waals surface area contributed by atoms with Crippen LogP contribution in [0.4, 0.5) is 0 Å². The second-order valence-corrected chi connectivity index (χ2v) is 6.23. The van der Waals surface area contributed by atoms with E-state index in [0.29, 0.717) is 26.1 Å². The van der Waals surface area contributed by atoms with E-state index in [1.54, 1.807) is 4.90 Å². The van der Waals surface area contributed by atoms with Crippen LogP contribution in [0.5, 0.6) is 0 Å². The molecule has 2 amide bonds. The molecule has 22 heavy (non-hydrogen) atoms. The SMILES string of the molecule is O=C(CO)N1CCC2(CCC(=O)N2Cc2ccccc2)CC1. The summed E-state index contributed by atoms with van der Waals surface area (Å²) in [6.07, 6.45) is 3.08. The van der Waals surface area contributed by atoms with Crippen molar-refractivity contribution in [2.45, 2.75) is 37.8 Å². The first kappa shape index (κ1) is 15.0. The molecule has 0 atom stereocenters. The molecule has 2 aliphatic heterocycles. The van der Waals surface area contributed by atoms with Crippen LogP contribution in [-0.2, 0) is 16.1 Å². The molecule has 118 valence electrons. The third kappa shape index (κ3) is 2.73. The first-order chi connectivity index (χ1) is 10.6. The Morgan fingerprint density at radius 1 is 1.14 bits per heavy atom. The lowest BCUT2D eigenvalue weighted by molar-refractivity contribution is -0.139. The van der Waals surface area contributed by atoms with E-state index in [2.05, 4.69) is 0 Å². The number of carbonyl (C=O) groups excluding carboxylic acids is 2. The Balaban J connectivity index is 1.72. The highest BCUT2D eigenvalue weighted by atomic mass is 16.3.